The van der Waals surface area contributed by atoms with Crippen LogP contribution in [0.15, 0.2) is 12.2 Å². The molecule has 0 unspecified atom stereocenters. The van der Waals surface area contributed by atoms with Crippen molar-refractivity contribution in [3.05, 3.63) is 12.2 Å². The van der Waals surface area contributed by atoms with E-state index in [0.717, 1.165) is 57.8 Å². The van der Waals surface area contributed by atoms with Crippen LogP contribution in [0.3, 0.4) is 0 Å². The number of hydroxylamine groups is 2. The Bertz CT molecular complexity index is 739. The van der Waals surface area contributed by atoms with Crippen molar-refractivity contribution in [1.29, 1.82) is 0 Å². The third kappa shape index (κ3) is 6.11. The fourth-order valence-electron chi connectivity index (χ4n) is 5.85. The van der Waals surface area contributed by atoms with Gasteiger partial charge in [-0.2, -0.15) is 0 Å². The van der Waals surface area contributed by atoms with Crippen LogP contribution in [0.4, 0.5) is 0 Å². The smallest absolute Gasteiger partial charge is 0.251 e. The second-order valence-corrected chi connectivity index (χ2v) is 12.9. The molecule has 31 heavy (non-hydrogen) atoms. The lowest BCUT2D eigenvalue weighted by molar-refractivity contribution is -0.169. The van der Waals surface area contributed by atoms with Crippen LogP contribution in [-0.4, -0.2) is 54.9 Å². The Kier molecular flexibility index (Phi) is 8.25. The number of amides is 1. The van der Waals surface area contributed by atoms with Crippen molar-refractivity contribution in [3.8, 4) is 0 Å². The van der Waals surface area contributed by atoms with E-state index in [9.17, 15) is 18.4 Å². The van der Waals surface area contributed by atoms with Gasteiger partial charge in [0.15, 0.2) is 9.84 Å². The topological polar surface area (TPSA) is 83.9 Å². The fourth-order valence-corrected chi connectivity index (χ4v) is 7.83. The van der Waals surface area contributed by atoms with Gasteiger partial charge in [0.25, 0.3) is 5.91 Å². The first-order valence-corrected chi connectivity index (χ1v) is 13.8. The highest BCUT2D eigenvalue weighted by molar-refractivity contribution is 7.92. The van der Waals surface area contributed by atoms with Crippen molar-refractivity contribution >= 4 is 15.7 Å². The number of sulfone groups is 1. The highest BCUT2D eigenvalue weighted by Crippen LogP contribution is 2.47. The van der Waals surface area contributed by atoms with Crippen LogP contribution in [0.2, 0.25) is 0 Å². The Morgan fingerprint density at radius 2 is 1.71 bits per heavy atom. The van der Waals surface area contributed by atoms with E-state index >= 15 is 0 Å². The maximum atomic E-state index is 12.8. The molecule has 0 aromatic heterocycles. The highest BCUT2D eigenvalue weighted by Gasteiger charge is 2.48. The van der Waals surface area contributed by atoms with Gasteiger partial charge in [0.05, 0.1) is 23.2 Å². The monoisotopic (exact) mass is 455 g/mol. The zero-order chi connectivity index (χ0) is 22.6. The lowest BCUT2D eigenvalue weighted by atomic mass is 9.76. The lowest BCUT2D eigenvalue weighted by Gasteiger charge is -2.28. The fraction of sp³-hybridized carbons (Fsp3) is 0.875. The standard InChI is InChI=1S/C24H41NO5S/c1-24(2,23(26)25(3)27)16-9-5-8-12-19-20(22-14-13-21(19)30-22)15-17-31(28,29)18-10-6-4-7-11-18/h5,8,18-22,27H,4,6-7,9-17H2,1-3H3/b8-5-/t19-,20+,21-,22+/m0/s1. The number of carbonyl (C=O) groups excluding carboxylic acids is 1. The highest BCUT2D eigenvalue weighted by atomic mass is 32.2. The Hall–Kier alpha value is -0.920. The summed E-state index contributed by atoms with van der Waals surface area (Å²) < 4.78 is 31.9. The molecule has 6 nitrogen and oxygen atoms in total. The molecule has 0 radical (unpaired) electrons. The minimum absolute atomic E-state index is 0.122. The van der Waals surface area contributed by atoms with E-state index in [1.807, 2.05) is 13.8 Å². The average Bonchev–Trinajstić information content (AvgIpc) is 3.34. The van der Waals surface area contributed by atoms with Gasteiger partial charge in [-0.3, -0.25) is 10.0 Å². The van der Waals surface area contributed by atoms with Crippen LogP contribution in [0, 0.1) is 17.3 Å². The number of ether oxygens (including phenoxy) is 1. The molecule has 0 aromatic rings. The van der Waals surface area contributed by atoms with Gasteiger partial charge >= 0.3 is 0 Å². The van der Waals surface area contributed by atoms with Gasteiger partial charge in [-0.05, 0) is 63.2 Å². The van der Waals surface area contributed by atoms with Crippen LogP contribution < -0.4 is 0 Å². The summed E-state index contributed by atoms with van der Waals surface area (Å²) >= 11 is 0. The van der Waals surface area contributed by atoms with Crippen LogP contribution in [0.5, 0.6) is 0 Å². The molecule has 0 aromatic carbocycles. The average molecular weight is 456 g/mol. The predicted molar refractivity (Wildman–Crippen MR) is 121 cm³/mol. The predicted octanol–water partition coefficient (Wildman–Crippen LogP) is 4.52. The van der Waals surface area contributed by atoms with Gasteiger partial charge in [0, 0.05) is 12.5 Å². The molecular formula is C24H41NO5S. The maximum absolute atomic E-state index is 12.8. The van der Waals surface area contributed by atoms with Crippen molar-refractivity contribution in [3.63, 3.8) is 0 Å². The molecule has 2 saturated heterocycles. The van der Waals surface area contributed by atoms with Crippen molar-refractivity contribution in [1.82, 2.24) is 5.06 Å². The quantitative estimate of drug-likeness (QED) is 0.297. The molecule has 4 atom stereocenters. The third-order valence-corrected chi connectivity index (χ3v) is 10.1. The van der Waals surface area contributed by atoms with Crippen molar-refractivity contribution in [2.24, 2.45) is 17.3 Å². The first kappa shape index (κ1) is 24.7. The Morgan fingerprint density at radius 1 is 1.06 bits per heavy atom. The molecule has 3 fully saturated rings. The molecule has 1 amide bonds. The third-order valence-electron chi connectivity index (χ3n) is 7.77. The van der Waals surface area contributed by atoms with Crippen molar-refractivity contribution in [2.45, 2.75) is 102 Å². The zero-order valence-corrected chi connectivity index (χ0v) is 20.3. The van der Waals surface area contributed by atoms with E-state index in [1.54, 1.807) is 0 Å². The number of allylic oxidation sites excluding steroid dienone is 2. The molecule has 2 heterocycles. The van der Waals surface area contributed by atoms with Gasteiger partial charge < -0.3 is 4.74 Å². The largest absolute Gasteiger partial charge is 0.374 e. The number of hydrogen-bond acceptors (Lipinski definition) is 5. The normalized spacial score (nSPS) is 29.7. The molecule has 3 rings (SSSR count). The van der Waals surface area contributed by atoms with E-state index in [4.69, 9.17) is 4.74 Å². The van der Waals surface area contributed by atoms with Crippen LogP contribution in [0.1, 0.15) is 84.5 Å². The van der Waals surface area contributed by atoms with Crippen LogP contribution >= 0.6 is 0 Å². The lowest BCUT2D eigenvalue weighted by Crippen LogP contribution is -2.36. The van der Waals surface area contributed by atoms with Crippen molar-refractivity contribution < 1.29 is 23.2 Å². The summed E-state index contributed by atoms with van der Waals surface area (Å²) in [6.45, 7) is 3.70. The molecule has 3 aliphatic rings. The number of rotatable bonds is 10. The maximum Gasteiger partial charge on any atom is 0.251 e. The Labute approximate surface area is 188 Å². The Morgan fingerprint density at radius 3 is 2.35 bits per heavy atom. The van der Waals surface area contributed by atoms with Gasteiger partial charge in [-0.15, -0.1) is 0 Å². The van der Waals surface area contributed by atoms with Gasteiger partial charge in [-0.1, -0.05) is 45.3 Å². The number of carbonyl (C=O) groups is 1. The first-order chi connectivity index (χ1) is 14.6. The summed E-state index contributed by atoms with van der Waals surface area (Å²) in [7, 11) is -1.64. The molecule has 0 spiro atoms. The molecule has 7 heteroatoms. The van der Waals surface area contributed by atoms with Gasteiger partial charge in [-0.25, -0.2) is 13.5 Å². The van der Waals surface area contributed by atoms with E-state index < -0.39 is 15.3 Å². The molecule has 1 saturated carbocycles. The van der Waals surface area contributed by atoms with Crippen LogP contribution in [-0.2, 0) is 19.4 Å². The minimum atomic E-state index is -3.00. The summed E-state index contributed by atoms with van der Waals surface area (Å²) in [5, 5.41) is 9.94. The summed E-state index contributed by atoms with van der Waals surface area (Å²) in [6, 6.07) is 0. The summed E-state index contributed by atoms with van der Waals surface area (Å²) in [5.74, 6) is 0.763. The number of nitrogens with zero attached hydrogens (tertiary/aromatic N) is 1. The number of hydrogen-bond donors (Lipinski definition) is 1. The second kappa shape index (κ2) is 10.3. The zero-order valence-electron chi connectivity index (χ0n) is 19.5. The van der Waals surface area contributed by atoms with Crippen molar-refractivity contribution in [2.75, 3.05) is 12.8 Å². The molecule has 2 aliphatic heterocycles. The summed E-state index contributed by atoms with van der Waals surface area (Å²) in [4.78, 5) is 12.0. The molecule has 1 aliphatic carbocycles. The molecule has 1 N–H and O–H groups in total. The molecule has 2 bridgehead atoms. The SMILES string of the molecule is CN(O)C(=O)C(C)(C)CC/C=C\C[C@H]1[C@@H](CCS(=O)(=O)C2CCCCC2)[C@H]2CC[C@@H]1O2. The molecular weight excluding hydrogens is 414 g/mol. The van der Waals surface area contributed by atoms with E-state index in [-0.39, 0.29) is 23.4 Å². The van der Waals surface area contributed by atoms with E-state index in [0.29, 0.717) is 29.1 Å². The Balaban J connectivity index is 1.49. The second-order valence-electron chi connectivity index (χ2n) is 10.5. The first-order valence-electron chi connectivity index (χ1n) is 12.1. The molecule has 178 valence electrons. The van der Waals surface area contributed by atoms with E-state index in [2.05, 4.69) is 12.2 Å². The summed E-state index contributed by atoms with van der Waals surface area (Å²) in [6.07, 6.45) is 14.9. The van der Waals surface area contributed by atoms with Crippen LogP contribution in [0.25, 0.3) is 0 Å². The van der Waals surface area contributed by atoms with E-state index in [1.165, 1.54) is 13.5 Å². The summed E-state index contributed by atoms with van der Waals surface area (Å²) in [5.41, 5.74) is -0.598. The number of fused-ring (bicyclic) bond motifs is 2. The minimum Gasteiger partial charge on any atom is -0.374 e. The van der Waals surface area contributed by atoms with Gasteiger partial charge in [0.1, 0.15) is 0 Å². The van der Waals surface area contributed by atoms with Gasteiger partial charge in [0.2, 0.25) is 0 Å².